The van der Waals surface area contributed by atoms with Crippen molar-refractivity contribution in [3.63, 3.8) is 0 Å². The van der Waals surface area contributed by atoms with Gasteiger partial charge in [0.2, 0.25) is 0 Å². The van der Waals surface area contributed by atoms with Crippen LogP contribution in [0.5, 0.6) is 0 Å². The van der Waals surface area contributed by atoms with Gasteiger partial charge in [-0.25, -0.2) is 0 Å². The van der Waals surface area contributed by atoms with Gasteiger partial charge in [0, 0.05) is 48.5 Å². The molecule has 1 aliphatic heterocycles. The molecule has 2 N–H and O–H groups in total. The Bertz CT molecular complexity index is 1070. The standard InChI is InChI=1S/C21H22Cl2N4O3/c1-13-16(21(24)28)11-19(27(13)5-4-26-6-8-29-9-7-26)20-12-18(25-30-20)15-3-2-14(22)10-17(15)23/h2-3,10-12H,4-9H2,1H3,(H2,24,28). The van der Waals surface area contributed by atoms with Crippen molar-refractivity contribution in [1.82, 2.24) is 14.6 Å². The van der Waals surface area contributed by atoms with Crippen molar-refractivity contribution in [2.45, 2.75) is 13.5 Å². The summed E-state index contributed by atoms with van der Waals surface area (Å²) < 4.78 is 13.1. The zero-order chi connectivity index (χ0) is 21.3. The quantitative estimate of drug-likeness (QED) is 0.618. The molecule has 9 heteroatoms. The van der Waals surface area contributed by atoms with E-state index in [4.69, 9.17) is 38.2 Å². The average Bonchev–Trinajstić information content (AvgIpc) is 3.32. The molecule has 1 amide bonds. The number of rotatable bonds is 6. The fourth-order valence-electron chi connectivity index (χ4n) is 3.67. The largest absolute Gasteiger partial charge is 0.379 e. The minimum Gasteiger partial charge on any atom is -0.379 e. The van der Waals surface area contributed by atoms with Crippen LogP contribution >= 0.6 is 23.2 Å². The molecule has 0 radical (unpaired) electrons. The highest BCUT2D eigenvalue weighted by atomic mass is 35.5. The van der Waals surface area contributed by atoms with Crippen LogP contribution in [-0.2, 0) is 11.3 Å². The maximum Gasteiger partial charge on any atom is 0.250 e. The van der Waals surface area contributed by atoms with Gasteiger partial charge in [0.25, 0.3) is 5.91 Å². The summed E-state index contributed by atoms with van der Waals surface area (Å²) in [4.78, 5) is 14.3. The molecule has 0 saturated carbocycles. The van der Waals surface area contributed by atoms with Gasteiger partial charge >= 0.3 is 0 Å². The summed E-state index contributed by atoms with van der Waals surface area (Å²) in [7, 11) is 0. The highest BCUT2D eigenvalue weighted by molar-refractivity contribution is 6.36. The maximum absolute atomic E-state index is 11.9. The van der Waals surface area contributed by atoms with Crippen LogP contribution in [0.3, 0.4) is 0 Å². The lowest BCUT2D eigenvalue weighted by atomic mass is 10.1. The fourth-order valence-corrected chi connectivity index (χ4v) is 4.18. The van der Waals surface area contributed by atoms with Crippen molar-refractivity contribution >= 4 is 29.1 Å². The SMILES string of the molecule is Cc1c(C(N)=O)cc(-c2cc(-c3ccc(Cl)cc3Cl)no2)n1CCN1CCOCC1. The second kappa shape index (κ2) is 8.81. The minimum absolute atomic E-state index is 0.467. The molecule has 2 aromatic heterocycles. The van der Waals surface area contributed by atoms with E-state index < -0.39 is 5.91 Å². The molecule has 1 aromatic carbocycles. The van der Waals surface area contributed by atoms with Gasteiger partial charge < -0.3 is 19.6 Å². The van der Waals surface area contributed by atoms with Crippen LogP contribution in [-0.4, -0.2) is 53.4 Å². The van der Waals surface area contributed by atoms with E-state index in [0.29, 0.717) is 39.2 Å². The van der Waals surface area contributed by atoms with Gasteiger partial charge in [-0.15, -0.1) is 0 Å². The van der Waals surface area contributed by atoms with Gasteiger partial charge in [-0.05, 0) is 31.2 Å². The number of amides is 1. The van der Waals surface area contributed by atoms with E-state index in [9.17, 15) is 4.79 Å². The van der Waals surface area contributed by atoms with Gasteiger partial charge in [-0.2, -0.15) is 0 Å². The third-order valence-corrected chi connectivity index (χ3v) is 5.89. The lowest BCUT2D eigenvalue weighted by molar-refractivity contribution is 0.0364. The normalized spacial score (nSPS) is 14.9. The van der Waals surface area contributed by atoms with Gasteiger partial charge in [-0.1, -0.05) is 28.4 Å². The third kappa shape index (κ3) is 4.25. The zero-order valence-electron chi connectivity index (χ0n) is 16.5. The van der Waals surface area contributed by atoms with Crippen LogP contribution < -0.4 is 5.73 Å². The molecular weight excluding hydrogens is 427 g/mol. The number of carbonyl (C=O) groups excluding carboxylic acids is 1. The molecule has 30 heavy (non-hydrogen) atoms. The Morgan fingerprint density at radius 2 is 1.93 bits per heavy atom. The van der Waals surface area contributed by atoms with Crippen LogP contribution in [0, 0.1) is 6.92 Å². The number of carbonyl (C=O) groups is 1. The first kappa shape index (κ1) is 20.9. The fraction of sp³-hybridized carbons (Fsp3) is 0.333. The number of morpholine rings is 1. The predicted octanol–water partition coefficient (Wildman–Crippen LogP) is 3.86. The van der Waals surface area contributed by atoms with E-state index in [1.807, 2.05) is 11.5 Å². The Balaban J connectivity index is 1.66. The van der Waals surface area contributed by atoms with Crippen LogP contribution in [0.4, 0.5) is 0 Å². The maximum atomic E-state index is 11.9. The second-order valence-corrected chi connectivity index (χ2v) is 8.04. The Kier molecular flexibility index (Phi) is 6.15. The van der Waals surface area contributed by atoms with E-state index in [1.165, 1.54) is 0 Å². The van der Waals surface area contributed by atoms with E-state index >= 15 is 0 Å². The topological polar surface area (TPSA) is 86.5 Å². The summed E-state index contributed by atoms with van der Waals surface area (Å²) in [6.07, 6.45) is 0. The average molecular weight is 449 g/mol. The van der Waals surface area contributed by atoms with E-state index in [0.717, 1.165) is 44.2 Å². The molecule has 1 aliphatic rings. The molecule has 1 fully saturated rings. The summed E-state index contributed by atoms with van der Waals surface area (Å²) in [5.74, 6) is 0.0629. The summed E-state index contributed by atoms with van der Waals surface area (Å²) in [6, 6.07) is 8.76. The number of hydrogen-bond donors (Lipinski definition) is 1. The lowest BCUT2D eigenvalue weighted by Crippen LogP contribution is -2.38. The first-order chi connectivity index (χ1) is 14.4. The lowest BCUT2D eigenvalue weighted by Gasteiger charge is -2.27. The minimum atomic E-state index is -0.473. The molecule has 0 spiro atoms. The highest BCUT2D eigenvalue weighted by Gasteiger charge is 2.21. The van der Waals surface area contributed by atoms with Crippen molar-refractivity contribution in [2.24, 2.45) is 5.73 Å². The number of aromatic nitrogens is 2. The number of halogens is 2. The summed E-state index contributed by atoms with van der Waals surface area (Å²) >= 11 is 12.3. The Hall–Kier alpha value is -2.32. The van der Waals surface area contributed by atoms with Gasteiger partial charge in [-0.3, -0.25) is 9.69 Å². The summed E-state index contributed by atoms with van der Waals surface area (Å²) in [5.41, 5.74) is 8.91. The third-order valence-electron chi connectivity index (χ3n) is 5.35. The summed E-state index contributed by atoms with van der Waals surface area (Å²) in [6.45, 7) is 6.64. The Morgan fingerprint density at radius 1 is 1.17 bits per heavy atom. The van der Waals surface area contributed by atoms with E-state index in [1.54, 1.807) is 30.3 Å². The zero-order valence-corrected chi connectivity index (χ0v) is 18.0. The molecule has 3 aromatic rings. The Labute approximate surface area is 184 Å². The van der Waals surface area contributed by atoms with Crippen LogP contribution in [0.15, 0.2) is 34.9 Å². The predicted molar refractivity (Wildman–Crippen MR) is 116 cm³/mol. The number of primary amides is 1. The molecule has 0 unspecified atom stereocenters. The van der Waals surface area contributed by atoms with E-state index in [2.05, 4.69) is 10.1 Å². The number of nitrogens with zero attached hydrogens (tertiary/aromatic N) is 3. The van der Waals surface area contributed by atoms with Crippen LogP contribution in [0.1, 0.15) is 16.1 Å². The first-order valence-electron chi connectivity index (χ1n) is 9.66. The van der Waals surface area contributed by atoms with Crippen molar-refractivity contribution < 1.29 is 14.1 Å². The van der Waals surface area contributed by atoms with E-state index in [-0.39, 0.29) is 0 Å². The second-order valence-electron chi connectivity index (χ2n) is 7.20. The van der Waals surface area contributed by atoms with Crippen molar-refractivity contribution in [1.29, 1.82) is 0 Å². The number of hydrogen-bond acceptors (Lipinski definition) is 5. The van der Waals surface area contributed by atoms with Gasteiger partial charge in [0.1, 0.15) is 5.69 Å². The highest BCUT2D eigenvalue weighted by Crippen LogP contribution is 2.33. The molecule has 7 nitrogen and oxygen atoms in total. The Morgan fingerprint density at radius 3 is 2.63 bits per heavy atom. The molecular formula is C21H22Cl2N4O3. The first-order valence-corrected chi connectivity index (χ1v) is 10.4. The molecule has 4 rings (SSSR count). The van der Waals surface area contributed by atoms with Crippen molar-refractivity contribution in [3.05, 3.63) is 51.6 Å². The monoisotopic (exact) mass is 448 g/mol. The van der Waals surface area contributed by atoms with Crippen molar-refractivity contribution in [3.8, 4) is 22.7 Å². The molecule has 0 bridgehead atoms. The van der Waals surface area contributed by atoms with Crippen molar-refractivity contribution in [2.75, 3.05) is 32.8 Å². The van der Waals surface area contributed by atoms with Crippen LogP contribution in [0.25, 0.3) is 22.7 Å². The molecule has 158 valence electrons. The molecule has 1 saturated heterocycles. The van der Waals surface area contributed by atoms with Gasteiger partial charge in [0.05, 0.1) is 29.5 Å². The number of ether oxygens (including phenoxy) is 1. The molecule has 3 heterocycles. The van der Waals surface area contributed by atoms with Gasteiger partial charge in [0.15, 0.2) is 5.76 Å². The number of nitrogens with two attached hydrogens (primary N) is 1. The molecule has 0 atom stereocenters. The molecule has 0 aliphatic carbocycles. The summed E-state index contributed by atoms with van der Waals surface area (Å²) in [5, 5.41) is 5.20. The van der Waals surface area contributed by atoms with Crippen LogP contribution in [0.2, 0.25) is 10.0 Å². The smallest absolute Gasteiger partial charge is 0.250 e. The number of benzene rings is 1.